The minimum Gasteiger partial charge on any atom is -0.492 e. The minimum atomic E-state index is -3.72. The molecule has 0 saturated heterocycles. The summed E-state index contributed by atoms with van der Waals surface area (Å²) >= 11 is 0. The van der Waals surface area contributed by atoms with E-state index in [9.17, 15) is 13.2 Å². The predicted octanol–water partition coefficient (Wildman–Crippen LogP) is 3.94. The third kappa shape index (κ3) is 3.57. The van der Waals surface area contributed by atoms with Crippen LogP contribution in [0.1, 0.15) is 17.3 Å². The molecule has 31 heavy (non-hydrogen) atoms. The molecular weight excluding hydrogens is 416 g/mol. The van der Waals surface area contributed by atoms with Crippen LogP contribution in [0.3, 0.4) is 0 Å². The Balaban J connectivity index is 1.79. The lowest BCUT2D eigenvalue weighted by Crippen LogP contribution is -2.25. The lowest BCUT2D eigenvalue weighted by molar-refractivity contribution is 0.112. The standard InChI is InChI=1S/C22H22N4O4S/c1-4-30-20-11-15(14-27)9-10-16(20)24-22-12-18-19(13-23-22)26(3)31(28,29)21-8-6-5-7-17(21)25(18)2/h5-14H,4H2,1-3H3,(H,23,24). The Morgan fingerprint density at radius 3 is 2.58 bits per heavy atom. The molecule has 1 N–H and O–H groups in total. The maximum absolute atomic E-state index is 13.1. The van der Waals surface area contributed by atoms with E-state index in [4.69, 9.17) is 4.74 Å². The number of sulfonamides is 1. The molecule has 0 unspecified atom stereocenters. The highest BCUT2D eigenvalue weighted by Crippen LogP contribution is 2.43. The fraction of sp³-hybridized carbons (Fsp3) is 0.182. The first-order valence-corrected chi connectivity index (χ1v) is 11.1. The van der Waals surface area contributed by atoms with Crippen molar-refractivity contribution in [3.05, 3.63) is 60.3 Å². The van der Waals surface area contributed by atoms with Crippen molar-refractivity contribution in [2.45, 2.75) is 11.8 Å². The van der Waals surface area contributed by atoms with E-state index >= 15 is 0 Å². The predicted molar refractivity (Wildman–Crippen MR) is 121 cm³/mol. The summed E-state index contributed by atoms with van der Waals surface area (Å²) < 4.78 is 33.1. The molecule has 0 spiro atoms. The second kappa shape index (κ2) is 7.92. The molecule has 0 radical (unpaired) electrons. The van der Waals surface area contributed by atoms with E-state index in [1.54, 1.807) is 48.5 Å². The average Bonchev–Trinajstić information content (AvgIpc) is 2.84. The summed E-state index contributed by atoms with van der Waals surface area (Å²) in [6.45, 7) is 2.30. The van der Waals surface area contributed by atoms with Gasteiger partial charge >= 0.3 is 0 Å². The summed E-state index contributed by atoms with van der Waals surface area (Å²) in [5.74, 6) is 1.04. The number of pyridine rings is 1. The van der Waals surface area contributed by atoms with Gasteiger partial charge in [-0.1, -0.05) is 12.1 Å². The number of hydrogen-bond donors (Lipinski definition) is 1. The summed E-state index contributed by atoms with van der Waals surface area (Å²) in [6, 6.07) is 13.8. The largest absolute Gasteiger partial charge is 0.492 e. The number of carbonyl (C=O) groups excluding carboxylic acids is 1. The van der Waals surface area contributed by atoms with Crippen LogP contribution in [0.5, 0.6) is 5.75 Å². The van der Waals surface area contributed by atoms with Crippen molar-refractivity contribution >= 4 is 44.9 Å². The number of aromatic nitrogens is 1. The molecule has 0 amide bonds. The van der Waals surface area contributed by atoms with Crippen LogP contribution in [-0.2, 0) is 10.0 Å². The van der Waals surface area contributed by atoms with Gasteiger partial charge < -0.3 is 15.0 Å². The van der Waals surface area contributed by atoms with Gasteiger partial charge in [-0.2, -0.15) is 0 Å². The number of rotatable bonds is 5. The van der Waals surface area contributed by atoms with Crippen LogP contribution >= 0.6 is 0 Å². The third-order valence-corrected chi connectivity index (χ3v) is 6.95. The molecule has 0 fully saturated rings. The Labute approximate surface area is 181 Å². The van der Waals surface area contributed by atoms with E-state index in [0.29, 0.717) is 46.5 Å². The second-order valence-corrected chi connectivity index (χ2v) is 8.93. The lowest BCUT2D eigenvalue weighted by Gasteiger charge is -2.22. The number of carbonyl (C=O) groups is 1. The van der Waals surface area contributed by atoms with Gasteiger partial charge in [0.25, 0.3) is 10.0 Å². The van der Waals surface area contributed by atoms with Crippen molar-refractivity contribution < 1.29 is 17.9 Å². The maximum Gasteiger partial charge on any atom is 0.266 e. The zero-order valence-electron chi connectivity index (χ0n) is 17.4. The van der Waals surface area contributed by atoms with Crippen LogP contribution < -0.4 is 19.3 Å². The molecule has 0 bridgehead atoms. The fourth-order valence-corrected chi connectivity index (χ4v) is 4.92. The average molecular weight is 439 g/mol. The number of benzene rings is 2. The van der Waals surface area contributed by atoms with Crippen molar-refractivity contribution in [3.63, 3.8) is 0 Å². The topological polar surface area (TPSA) is 91.8 Å². The molecule has 9 heteroatoms. The Morgan fingerprint density at radius 2 is 1.84 bits per heavy atom. The second-order valence-electron chi connectivity index (χ2n) is 6.99. The summed E-state index contributed by atoms with van der Waals surface area (Å²) in [5, 5.41) is 3.21. The number of nitrogens with one attached hydrogen (secondary N) is 1. The van der Waals surface area contributed by atoms with Crippen molar-refractivity contribution in [1.29, 1.82) is 0 Å². The smallest absolute Gasteiger partial charge is 0.266 e. The van der Waals surface area contributed by atoms with Crippen LogP contribution in [0.25, 0.3) is 0 Å². The quantitative estimate of drug-likeness (QED) is 0.603. The molecule has 1 aromatic heterocycles. The van der Waals surface area contributed by atoms with Crippen LogP contribution in [0.15, 0.2) is 59.6 Å². The minimum absolute atomic E-state index is 0.230. The van der Waals surface area contributed by atoms with Gasteiger partial charge in [0.15, 0.2) is 0 Å². The van der Waals surface area contributed by atoms with Gasteiger partial charge in [-0.15, -0.1) is 0 Å². The van der Waals surface area contributed by atoms with E-state index in [1.807, 2.05) is 18.9 Å². The van der Waals surface area contributed by atoms with E-state index in [0.717, 1.165) is 6.29 Å². The van der Waals surface area contributed by atoms with Gasteiger partial charge in [-0.25, -0.2) is 13.4 Å². The Bertz CT molecular complexity index is 1260. The zero-order valence-corrected chi connectivity index (χ0v) is 18.2. The van der Waals surface area contributed by atoms with Gasteiger partial charge in [-0.05, 0) is 37.3 Å². The van der Waals surface area contributed by atoms with Crippen LogP contribution in [0.4, 0.5) is 28.6 Å². The molecule has 2 aromatic carbocycles. The molecule has 3 aromatic rings. The first-order chi connectivity index (χ1) is 14.9. The number of para-hydroxylation sites is 1. The van der Waals surface area contributed by atoms with E-state index in [-0.39, 0.29) is 4.90 Å². The van der Waals surface area contributed by atoms with Crippen molar-refractivity contribution in [3.8, 4) is 5.75 Å². The van der Waals surface area contributed by atoms with E-state index in [1.165, 1.54) is 17.5 Å². The lowest BCUT2D eigenvalue weighted by atomic mass is 10.2. The zero-order chi connectivity index (χ0) is 22.2. The van der Waals surface area contributed by atoms with Gasteiger partial charge in [0.05, 0.1) is 35.6 Å². The number of hydrogen-bond acceptors (Lipinski definition) is 7. The molecule has 4 rings (SSSR count). The van der Waals surface area contributed by atoms with Gasteiger partial charge in [0.2, 0.25) is 0 Å². The molecule has 1 aliphatic heterocycles. The third-order valence-electron chi connectivity index (χ3n) is 5.13. The summed E-state index contributed by atoms with van der Waals surface area (Å²) in [5.41, 5.74) is 2.88. The van der Waals surface area contributed by atoms with Crippen LogP contribution in [-0.4, -0.2) is 40.4 Å². The van der Waals surface area contributed by atoms with Crippen molar-refractivity contribution in [2.24, 2.45) is 0 Å². The first-order valence-electron chi connectivity index (χ1n) is 9.67. The Morgan fingerprint density at radius 1 is 1.06 bits per heavy atom. The number of ether oxygens (including phenoxy) is 1. The molecule has 2 heterocycles. The summed E-state index contributed by atoms with van der Waals surface area (Å²) in [7, 11) is -0.381. The molecule has 160 valence electrons. The number of aldehydes is 1. The normalized spacial score (nSPS) is 14.3. The van der Waals surface area contributed by atoms with Gasteiger partial charge in [0, 0.05) is 25.7 Å². The molecule has 0 atom stereocenters. The van der Waals surface area contributed by atoms with Crippen LogP contribution in [0, 0.1) is 0 Å². The van der Waals surface area contributed by atoms with E-state index < -0.39 is 10.0 Å². The molecule has 0 saturated carbocycles. The SMILES string of the molecule is CCOc1cc(C=O)ccc1Nc1cc2c(cn1)N(C)S(=O)(=O)c1ccccc1N2C. The molecule has 8 nitrogen and oxygen atoms in total. The molecular formula is C22H22N4O4S. The highest BCUT2D eigenvalue weighted by atomic mass is 32.2. The van der Waals surface area contributed by atoms with Crippen molar-refractivity contribution in [2.75, 3.05) is 35.2 Å². The van der Waals surface area contributed by atoms with Crippen LogP contribution in [0.2, 0.25) is 0 Å². The van der Waals surface area contributed by atoms with Gasteiger partial charge in [-0.3, -0.25) is 9.10 Å². The number of nitrogens with zero attached hydrogens (tertiary/aromatic N) is 3. The molecule has 0 aliphatic carbocycles. The first kappa shape index (κ1) is 20.7. The molecule has 1 aliphatic rings. The number of fused-ring (bicyclic) bond motifs is 2. The highest BCUT2D eigenvalue weighted by Gasteiger charge is 2.32. The summed E-state index contributed by atoms with van der Waals surface area (Å²) in [6.07, 6.45) is 2.29. The monoisotopic (exact) mass is 438 g/mol. The van der Waals surface area contributed by atoms with E-state index in [2.05, 4.69) is 10.3 Å². The Kier molecular flexibility index (Phi) is 5.28. The highest BCUT2D eigenvalue weighted by molar-refractivity contribution is 7.93. The fourth-order valence-electron chi connectivity index (χ4n) is 3.50. The van der Waals surface area contributed by atoms with Gasteiger partial charge in [0.1, 0.15) is 22.7 Å². The Hall–Kier alpha value is -3.59. The number of anilines is 5. The summed E-state index contributed by atoms with van der Waals surface area (Å²) in [4.78, 5) is 17.6. The maximum atomic E-state index is 13.1. The van der Waals surface area contributed by atoms with Crippen molar-refractivity contribution in [1.82, 2.24) is 4.98 Å².